The molecule has 2 atom stereocenters. The standard InChI is InChI=1S/C30H35N3O5/c1-19(32-17-29(36)22-7-9-28(35)24(15-22)18-34)12-21-6-8-26-23(13-21)16-27(33-26)30(37)31-11-10-20-4-3-5-25(14-20)38-2/h3-9,13-16,19,29,32-36H,10-12,17-18H2,1-2H3,(H,31,37)/t19-,29-/m1/s1. The van der Waals surface area contributed by atoms with E-state index in [0.717, 1.165) is 34.2 Å². The number of aromatic hydroxyl groups is 1. The van der Waals surface area contributed by atoms with Crippen LogP contribution in [0.25, 0.3) is 10.9 Å². The van der Waals surface area contributed by atoms with Gasteiger partial charge in [0.05, 0.1) is 19.8 Å². The van der Waals surface area contributed by atoms with Crippen molar-refractivity contribution in [3.8, 4) is 11.5 Å². The number of aliphatic hydroxyl groups is 2. The number of aromatic nitrogens is 1. The smallest absolute Gasteiger partial charge is 0.267 e. The zero-order valence-electron chi connectivity index (χ0n) is 21.7. The van der Waals surface area contributed by atoms with Crippen molar-refractivity contribution in [2.75, 3.05) is 20.2 Å². The summed E-state index contributed by atoms with van der Waals surface area (Å²) < 4.78 is 5.25. The van der Waals surface area contributed by atoms with Gasteiger partial charge >= 0.3 is 0 Å². The summed E-state index contributed by atoms with van der Waals surface area (Å²) >= 11 is 0. The number of methoxy groups -OCH3 is 1. The molecule has 1 amide bonds. The zero-order chi connectivity index (χ0) is 27.1. The average molecular weight is 518 g/mol. The molecule has 0 aliphatic rings. The molecule has 4 aromatic rings. The molecule has 1 heterocycles. The number of hydrogen-bond acceptors (Lipinski definition) is 6. The van der Waals surface area contributed by atoms with Gasteiger partial charge in [-0.2, -0.15) is 0 Å². The third kappa shape index (κ3) is 6.92. The van der Waals surface area contributed by atoms with E-state index < -0.39 is 6.10 Å². The van der Waals surface area contributed by atoms with Crippen LogP contribution in [-0.2, 0) is 19.4 Å². The summed E-state index contributed by atoms with van der Waals surface area (Å²) in [6.07, 6.45) is 0.691. The normalized spacial score (nSPS) is 12.8. The summed E-state index contributed by atoms with van der Waals surface area (Å²) in [5.74, 6) is 0.668. The lowest BCUT2D eigenvalue weighted by Crippen LogP contribution is -2.32. The number of rotatable bonds is 12. The van der Waals surface area contributed by atoms with Crippen molar-refractivity contribution in [2.24, 2.45) is 0 Å². The highest BCUT2D eigenvalue weighted by Crippen LogP contribution is 2.23. The fraction of sp³-hybridized carbons (Fsp3) is 0.300. The van der Waals surface area contributed by atoms with Gasteiger partial charge in [0.2, 0.25) is 0 Å². The molecule has 1 aromatic heterocycles. The van der Waals surface area contributed by atoms with E-state index in [1.54, 1.807) is 19.2 Å². The monoisotopic (exact) mass is 517 g/mol. The highest BCUT2D eigenvalue weighted by Gasteiger charge is 2.14. The van der Waals surface area contributed by atoms with Gasteiger partial charge in [-0.15, -0.1) is 0 Å². The van der Waals surface area contributed by atoms with Crippen molar-refractivity contribution in [3.63, 3.8) is 0 Å². The molecule has 8 heteroatoms. The quantitative estimate of drug-likeness (QED) is 0.171. The number of carbonyl (C=O) groups excluding carboxylic acids is 1. The minimum absolute atomic E-state index is 0.0128. The van der Waals surface area contributed by atoms with Gasteiger partial charge in [0.15, 0.2) is 0 Å². The first kappa shape index (κ1) is 27.2. The van der Waals surface area contributed by atoms with Crippen LogP contribution in [0.5, 0.6) is 11.5 Å². The van der Waals surface area contributed by atoms with Crippen LogP contribution in [0.2, 0.25) is 0 Å². The Kier molecular flexibility index (Phi) is 9.02. The van der Waals surface area contributed by atoms with E-state index in [1.165, 1.54) is 6.07 Å². The first-order valence-corrected chi connectivity index (χ1v) is 12.7. The molecule has 0 bridgehead atoms. The van der Waals surface area contributed by atoms with Crippen LogP contribution in [-0.4, -0.2) is 52.5 Å². The largest absolute Gasteiger partial charge is 0.508 e. The number of carbonyl (C=O) groups is 1. The van der Waals surface area contributed by atoms with Gasteiger partial charge in [-0.3, -0.25) is 4.79 Å². The molecule has 6 N–H and O–H groups in total. The van der Waals surface area contributed by atoms with Crippen LogP contribution >= 0.6 is 0 Å². The number of fused-ring (bicyclic) bond motifs is 1. The molecule has 0 unspecified atom stereocenters. The zero-order valence-corrected chi connectivity index (χ0v) is 21.7. The lowest BCUT2D eigenvalue weighted by Gasteiger charge is -2.18. The van der Waals surface area contributed by atoms with Crippen LogP contribution in [0.4, 0.5) is 0 Å². The van der Waals surface area contributed by atoms with Gasteiger partial charge in [-0.25, -0.2) is 0 Å². The minimum atomic E-state index is -0.763. The van der Waals surface area contributed by atoms with E-state index in [-0.39, 0.29) is 24.3 Å². The summed E-state index contributed by atoms with van der Waals surface area (Å²) in [6.45, 7) is 2.62. The second kappa shape index (κ2) is 12.6. The SMILES string of the molecule is COc1cccc(CCNC(=O)c2cc3cc(C[C@@H](C)NC[C@@H](O)c4ccc(O)c(CO)c4)ccc3[nH]2)c1. The second-order valence-electron chi connectivity index (χ2n) is 9.54. The minimum Gasteiger partial charge on any atom is -0.508 e. The van der Waals surface area contributed by atoms with E-state index in [1.807, 2.05) is 49.4 Å². The number of nitrogens with one attached hydrogen (secondary N) is 3. The molecule has 0 spiro atoms. The summed E-state index contributed by atoms with van der Waals surface area (Å²) in [4.78, 5) is 15.9. The lowest BCUT2D eigenvalue weighted by atomic mass is 10.0. The Balaban J connectivity index is 1.29. The predicted octanol–water partition coefficient (Wildman–Crippen LogP) is 3.60. The Morgan fingerprint density at radius 3 is 2.68 bits per heavy atom. The Labute approximate surface area is 222 Å². The van der Waals surface area contributed by atoms with Crippen molar-refractivity contribution in [3.05, 3.63) is 94.7 Å². The van der Waals surface area contributed by atoms with Crippen LogP contribution in [0.1, 0.15) is 45.8 Å². The van der Waals surface area contributed by atoms with Gasteiger partial charge < -0.3 is 35.7 Å². The number of phenols is 1. The number of H-pyrrole nitrogens is 1. The molecule has 8 nitrogen and oxygen atoms in total. The Morgan fingerprint density at radius 1 is 1.05 bits per heavy atom. The van der Waals surface area contributed by atoms with Gasteiger partial charge in [-0.1, -0.05) is 24.3 Å². The molecule has 0 saturated heterocycles. The summed E-state index contributed by atoms with van der Waals surface area (Å²) in [5, 5.41) is 36.8. The Hall–Kier alpha value is -3.85. The van der Waals surface area contributed by atoms with Crippen LogP contribution in [0.3, 0.4) is 0 Å². The molecule has 200 valence electrons. The third-order valence-corrected chi connectivity index (χ3v) is 6.62. The maximum absolute atomic E-state index is 12.7. The Morgan fingerprint density at radius 2 is 1.89 bits per heavy atom. The van der Waals surface area contributed by atoms with Gasteiger partial charge in [0.25, 0.3) is 5.91 Å². The molecular weight excluding hydrogens is 482 g/mol. The summed E-state index contributed by atoms with van der Waals surface area (Å²) in [7, 11) is 1.64. The molecule has 38 heavy (non-hydrogen) atoms. The van der Waals surface area contributed by atoms with Crippen molar-refractivity contribution >= 4 is 16.8 Å². The lowest BCUT2D eigenvalue weighted by molar-refractivity contribution is 0.0950. The molecule has 0 radical (unpaired) electrons. The van der Waals surface area contributed by atoms with E-state index in [9.17, 15) is 20.1 Å². The average Bonchev–Trinajstić information content (AvgIpc) is 3.36. The molecule has 0 fully saturated rings. The first-order chi connectivity index (χ1) is 18.4. The van der Waals surface area contributed by atoms with E-state index >= 15 is 0 Å². The van der Waals surface area contributed by atoms with Crippen molar-refractivity contribution in [1.29, 1.82) is 0 Å². The van der Waals surface area contributed by atoms with Gasteiger partial charge in [0, 0.05) is 35.6 Å². The predicted molar refractivity (Wildman–Crippen MR) is 147 cm³/mol. The molecular formula is C30H35N3O5. The number of benzene rings is 3. The maximum Gasteiger partial charge on any atom is 0.267 e. The second-order valence-corrected chi connectivity index (χ2v) is 9.54. The third-order valence-electron chi connectivity index (χ3n) is 6.62. The van der Waals surface area contributed by atoms with Gasteiger partial charge in [0.1, 0.15) is 17.2 Å². The van der Waals surface area contributed by atoms with Crippen molar-refractivity contribution in [2.45, 2.75) is 38.5 Å². The molecule has 3 aromatic carbocycles. The number of amides is 1. The first-order valence-electron chi connectivity index (χ1n) is 12.7. The number of aromatic amines is 1. The molecule has 0 aliphatic carbocycles. The van der Waals surface area contributed by atoms with Crippen molar-refractivity contribution < 1.29 is 24.9 Å². The number of hydrogen-bond donors (Lipinski definition) is 6. The van der Waals surface area contributed by atoms with Crippen molar-refractivity contribution in [1.82, 2.24) is 15.6 Å². The van der Waals surface area contributed by atoms with Crippen LogP contribution in [0.15, 0.2) is 66.7 Å². The van der Waals surface area contributed by atoms with E-state index in [2.05, 4.69) is 21.7 Å². The summed E-state index contributed by atoms with van der Waals surface area (Å²) in [5.41, 5.74) is 4.65. The maximum atomic E-state index is 12.7. The van der Waals surface area contributed by atoms with Gasteiger partial charge in [-0.05, 0) is 78.9 Å². The summed E-state index contributed by atoms with van der Waals surface area (Å²) in [6, 6.07) is 20.6. The number of ether oxygens (including phenoxy) is 1. The van der Waals surface area contributed by atoms with Crippen LogP contribution < -0.4 is 15.4 Å². The fourth-order valence-electron chi connectivity index (χ4n) is 4.47. The number of aliphatic hydroxyl groups excluding tert-OH is 2. The molecule has 0 aliphatic heterocycles. The Bertz CT molecular complexity index is 1380. The fourth-order valence-corrected chi connectivity index (χ4v) is 4.47. The van der Waals surface area contributed by atoms with E-state index in [0.29, 0.717) is 36.3 Å². The topological polar surface area (TPSA) is 127 Å². The van der Waals surface area contributed by atoms with Crippen LogP contribution in [0, 0.1) is 0 Å². The highest BCUT2D eigenvalue weighted by molar-refractivity contribution is 5.98. The van der Waals surface area contributed by atoms with E-state index in [4.69, 9.17) is 4.74 Å². The molecule has 4 rings (SSSR count). The highest BCUT2D eigenvalue weighted by atomic mass is 16.5. The molecule has 0 saturated carbocycles.